The van der Waals surface area contributed by atoms with Crippen molar-refractivity contribution in [1.82, 2.24) is 9.38 Å². The summed E-state index contributed by atoms with van der Waals surface area (Å²) in [4.78, 5) is 4.35. The summed E-state index contributed by atoms with van der Waals surface area (Å²) >= 11 is 0. The van der Waals surface area contributed by atoms with Crippen LogP contribution in [-0.4, -0.2) is 27.2 Å². The van der Waals surface area contributed by atoms with Crippen molar-refractivity contribution in [3.05, 3.63) is 35.9 Å². The van der Waals surface area contributed by atoms with Crippen molar-refractivity contribution in [2.45, 2.75) is 71.5 Å². The Morgan fingerprint density at radius 3 is 2.71 bits per heavy atom. The van der Waals surface area contributed by atoms with E-state index < -0.39 is 0 Å². The van der Waals surface area contributed by atoms with Gasteiger partial charge in [0.05, 0.1) is 30.2 Å². The van der Waals surface area contributed by atoms with Crippen LogP contribution in [0.4, 0.5) is 0 Å². The van der Waals surface area contributed by atoms with Crippen molar-refractivity contribution < 1.29 is 9.84 Å². The number of fused-ring (bicyclic) bond motifs is 1. The lowest BCUT2D eigenvalue weighted by atomic mass is 9.68. The molecular weight excluding hydrogens is 300 g/mol. The Hall–Kier alpha value is -1.39. The monoisotopic (exact) mass is 330 g/mol. The summed E-state index contributed by atoms with van der Waals surface area (Å²) in [5.41, 5.74) is 3.82. The second-order valence-electron chi connectivity index (χ2n) is 7.75. The zero-order valence-corrected chi connectivity index (χ0v) is 15.3. The zero-order chi connectivity index (χ0) is 17.3. The van der Waals surface area contributed by atoms with Crippen molar-refractivity contribution in [3.8, 4) is 0 Å². The first-order valence-corrected chi connectivity index (χ1v) is 9.20. The van der Waals surface area contributed by atoms with Crippen molar-refractivity contribution in [2.24, 2.45) is 5.41 Å². The Bertz CT molecular complexity index is 684. The van der Waals surface area contributed by atoms with Crippen LogP contribution in [0, 0.1) is 5.41 Å². The minimum atomic E-state index is -0.157. The van der Waals surface area contributed by atoms with Gasteiger partial charge in [-0.15, -0.1) is 0 Å². The van der Waals surface area contributed by atoms with Gasteiger partial charge in [-0.05, 0) is 55.6 Å². The summed E-state index contributed by atoms with van der Waals surface area (Å²) in [7, 11) is 0. The quantitative estimate of drug-likeness (QED) is 0.879. The smallest absolute Gasteiger partial charge is 0.0992 e. The molecule has 132 valence electrons. The summed E-state index contributed by atoms with van der Waals surface area (Å²) < 4.78 is 8.44. The van der Waals surface area contributed by atoms with Gasteiger partial charge in [0, 0.05) is 18.4 Å². The SMILES string of the molecule is CCO[C@@H](c1c(C(C)C)ccn2cncc12)C1(C)CCC(O)CC1. The molecule has 0 unspecified atom stereocenters. The van der Waals surface area contributed by atoms with Crippen LogP contribution in [0.2, 0.25) is 0 Å². The van der Waals surface area contributed by atoms with E-state index in [2.05, 4.69) is 49.3 Å². The zero-order valence-electron chi connectivity index (χ0n) is 15.3. The highest BCUT2D eigenvalue weighted by atomic mass is 16.5. The van der Waals surface area contributed by atoms with Crippen LogP contribution < -0.4 is 0 Å². The largest absolute Gasteiger partial charge is 0.393 e. The molecule has 1 N–H and O–H groups in total. The third-order valence-corrected chi connectivity index (χ3v) is 5.62. The first-order valence-electron chi connectivity index (χ1n) is 9.20. The molecular formula is C20H30N2O2. The van der Waals surface area contributed by atoms with Crippen LogP contribution in [0.3, 0.4) is 0 Å². The van der Waals surface area contributed by atoms with Gasteiger partial charge in [-0.3, -0.25) is 0 Å². The molecule has 24 heavy (non-hydrogen) atoms. The highest BCUT2D eigenvalue weighted by Gasteiger charge is 2.41. The number of aromatic nitrogens is 2. The van der Waals surface area contributed by atoms with Crippen molar-refractivity contribution >= 4 is 5.52 Å². The Balaban J connectivity index is 2.13. The molecule has 0 bridgehead atoms. The van der Waals surface area contributed by atoms with Gasteiger partial charge in [-0.25, -0.2) is 4.98 Å². The third-order valence-electron chi connectivity index (χ3n) is 5.62. The van der Waals surface area contributed by atoms with E-state index >= 15 is 0 Å². The first kappa shape index (κ1) is 17.4. The van der Waals surface area contributed by atoms with Crippen molar-refractivity contribution in [1.29, 1.82) is 0 Å². The minimum absolute atomic E-state index is 0.0350. The van der Waals surface area contributed by atoms with E-state index in [4.69, 9.17) is 4.74 Å². The van der Waals surface area contributed by atoms with E-state index in [0.29, 0.717) is 12.5 Å². The maximum Gasteiger partial charge on any atom is 0.0992 e. The molecule has 1 fully saturated rings. The first-order chi connectivity index (χ1) is 11.5. The van der Waals surface area contributed by atoms with E-state index in [1.54, 1.807) is 0 Å². The molecule has 0 spiro atoms. The number of pyridine rings is 1. The second-order valence-corrected chi connectivity index (χ2v) is 7.75. The van der Waals surface area contributed by atoms with Gasteiger partial charge in [0.1, 0.15) is 0 Å². The summed E-state index contributed by atoms with van der Waals surface area (Å²) in [6.45, 7) is 9.56. The molecule has 1 aliphatic rings. The van der Waals surface area contributed by atoms with E-state index in [0.717, 1.165) is 31.2 Å². The van der Waals surface area contributed by atoms with Crippen molar-refractivity contribution in [3.63, 3.8) is 0 Å². The number of hydrogen-bond acceptors (Lipinski definition) is 3. The van der Waals surface area contributed by atoms with Gasteiger partial charge < -0.3 is 14.2 Å². The van der Waals surface area contributed by atoms with Crippen LogP contribution in [0.25, 0.3) is 5.52 Å². The van der Waals surface area contributed by atoms with Gasteiger partial charge in [0.2, 0.25) is 0 Å². The number of nitrogens with zero attached hydrogens (tertiary/aromatic N) is 2. The van der Waals surface area contributed by atoms with E-state index in [1.807, 2.05) is 12.5 Å². The Morgan fingerprint density at radius 1 is 1.38 bits per heavy atom. The molecule has 0 aromatic carbocycles. The molecule has 0 radical (unpaired) electrons. The number of ether oxygens (including phenoxy) is 1. The average molecular weight is 330 g/mol. The minimum Gasteiger partial charge on any atom is -0.393 e. The number of aliphatic hydroxyl groups excluding tert-OH is 1. The third kappa shape index (κ3) is 3.09. The number of rotatable bonds is 5. The Labute approximate surface area is 144 Å². The molecule has 2 heterocycles. The molecule has 1 aliphatic carbocycles. The van der Waals surface area contributed by atoms with E-state index in [-0.39, 0.29) is 17.6 Å². The molecule has 4 heteroatoms. The van der Waals surface area contributed by atoms with E-state index in [1.165, 1.54) is 11.1 Å². The standard InChI is InChI=1S/C20H30N2O2/c1-5-24-19(20(4)9-6-15(23)7-10-20)18-16(14(2)3)8-11-22-13-21-12-17(18)22/h8,11-15,19,23H,5-7,9-10H2,1-4H3/t15?,19-,20?/m0/s1. The molecule has 0 saturated heterocycles. The van der Waals surface area contributed by atoms with Gasteiger partial charge in [-0.2, -0.15) is 0 Å². The van der Waals surface area contributed by atoms with Gasteiger partial charge in [-0.1, -0.05) is 20.8 Å². The predicted molar refractivity (Wildman–Crippen MR) is 96.2 cm³/mol. The number of aliphatic hydroxyl groups is 1. The molecule has 4 nitrogen and oxygen atoms in total. The highest BCUT2D eigenvalue weighted by Crippen LogP contribution is 2.50. The number of hydrogen-bond donors (Lipinski definition) is 1. The summed E-state index contributed by atoms with van der Waals surface area (Å²) in [6.07, 6.45) is 9.49. The lowest BCUT2D eigenvalue weighted by Gasteiger charge is -2.43. The Kier molecular flexibility index (Phi) is 4.97. The van der Waals surface area contributed by atoms with Gasteiger partial charge >= 0.3 is 0 Å². The van der Waals surface area contributed by atoms with Crippen LogP contribution in [0.1, 0.15) is 76.5 Å². The lowest BCUT2D eigenvalue weighted by molar-refractivity contribution is -0.0644. The molecule has 2 aromatic heterocycles. The van der Waals surface area contributed by atoms with Crippen LogP contribution in [0.5, 0.6) is 0 Å². The molecule has 1 saturated carbocycles. The van der Waals surface area contributed by atoms with Gasteiger partial charge in [0.15, 0.2) is 0 Å². The summed E-state index contributed by atoms with van der Waals surface area (Å²) in [5, 5.41) is 9.95. The lowest BCUT2D eigenvalue weighted by Crippen LogP contribution is -2.35. The van der Waals surface area contributed by atoms with Crippen LogP contribution in [-0.2, 0) is 4.74 Å². The maximum absolute atomic E-state index is 9.95. The molecule has 0 amide bonds. The average Bonchev–Trinajstić information content (AvgIpc) is 3.03. The highest BCUT2D eigenvalue weighted by molar-refractivity contribution is 5.59. The Morgan fingerprint density at radius 2 is 2.08 bits per heavy atom. The molecule has 0 aliphatic heterocycles. The fourth-order valence-electron chi connectivity index (χ4n) is 4.14. The number of imidazole rings is 1. The van der Waals surface area contributed by atoms with Crippen LogP contribution in [0.15, 0.2) is 24.8 Å². The fraction of sp³-hybridized carbons (Fsp3) is 0.650. The van der Waals surface area contributed by atoms with E-state index in [9.17, 15) is 5.11 Å². The van der Waals surface area contributed by atoms with Crippen LogP contribution >= 0.6 is 0 Å². The summed E-state index contributed by atoms with van der Waals surface area (Å²) in [6, 6.07) is 2.21. The maximum atomic E-state index is 9.95. The molecule has 3 rings (SSSR count). The second kappa shape index (κ2) is 6.85. The molecule has 1 atom stereocenters. The predicted octanol–water partition coefficient (Wildman–Crippen LogP) is 4.48. The fourth-order valence-corrected chi connectivity index (χ4v) is 4.14. The molecule has 2 aromatic rings. The topological polar surface area (TPSA) is 46.8 Å². The summed E-state index contributed by atoms with van der Waals surface area (Å²) in [5.74, 6) is 0.431. The normalized spacial score (nSPS) is 26.2. The van der Waals surface area contributed by atoms with Gasteiger partial charge in [0.25, 0.3) is 0 Å². The van der Waals surface area contributed by atoms with Crippen molar-refractivity contribution in [2.75, 3.05) is 6.61 Å².